The molecule has 2 heterocycles. The van der Waals surface area contributed by atoms with Crippen LogP contribution < -0.4 is 5.32 Å². The van der Waals surface area contributed by atoms with Gasteiger partial charge in [-0.1, -0.05) is 12.1 Å². The standard InChI is InChI=1S/C19H27FN4O3S/c1-14(12-27-3)21-8-16-9-24(28(25,26)19-11-23(2)13-22-19)10-18(16)15-4-6-17(20)7-5-15/h4-7,11,13-14,16,18,21H,8-10,12H2,1-3H3/t14-,16-,18+/m0/s1. The Morgan fingerprint density at radius 3 is 2.64 bits per heavy atom. The highest BCUT2D eigenvalue weighted by Crippen LogP contribution is 2.35. The highest BCUT2D eigenvalue weighted by Gasteiger charge is 2.40. The van der Waals surface area contributed by atoms with Gasteiger partial charge in [-0.05, 0) is 30.5 Å². The third kappa shape index (κ3) is 4.60. The van der Waals surface area contributed by atoms with Crippen molar-refractivity contribution < 1.29 is 17.5 Å². The Morgan fingerprint density at radius 1 is 1.32 bits per heavy atom. The zero-order chi connectivity index (χ0) is 20.3. The molecule has 3 atom stereocenters. The van der Waals surface area contributed by atoms with Crippen molar-refractivity contribution in [3.05, 3.63) is 48.2 Å². The van der Waals surface area contributed by atoms with E-state index in [0.29, 0.717) is 26.2 Å². The molecule has 1 fully saturated rings. The topological polar surface area (TPSA) is 76.5 Å². The number of hydrogen-bond acceptors (Lipinski definition) is 5. The molecule has 1 aromatic heterocycles. The molecule has 28 heavy (non-hydrogen) atoms. The van der Waals surface area contributed by atoms with Crippen LogP contribution in [0.5, 0.6) is 0 Å². The van der Waals surface area contributed by atoms with Crippen molar-refractivity contribution in [2.75, 3.05) is 33.4 Å². The van der Waals surface area contributed by atoms with Crippen LogP contribution >= 0.6 is 0 Å². The number of aryl methyl sites for hydroxylation is 1. The fraction of sp³-hybridized carbons (Fsp3) is 0.526. The summed E-state index contributed by atoms with van der Waals surface area (Å²) in [5.41, 5.74) is 0.936. The first-order valence-corrected chi connectivity index (χ1v) is 10.7. The maximum Gasteiger partial charge on any atom is 0.262 e. The van der Waals surface area contributed by atoms with Crippen molar-refractivity contribution in [2.24, 2.45) is 13.0 Å². The molecule has 154 valence electrons. The summed E-state index contributed by atoms with van der Waals surface area (Å²) in [6, 6.07) is 6.47. The maximum absolute atomic E-state index is 13.4. The van der Waals surface area contributed by atoms with Gasteiger partial charge in [0.25, 0.3) is 10.0 Å². The normalized spacial score (nSPS) is 21.9. The van der Waals surface area contributed by atoms with Crippen LogP contribution in [0.3, 0.4) is 0 Å². The number of nitrogens with one attached hydrogen (secondary N) is 1. The monoisotopic (exact) mass is 410 g/mol. The van der Waals surface area contributed by atoms with Crippen molar-refractivity contribution in [1.29, 1.82) is 0 Å². The minimum absolute atomic E-state index is 0.0265. The minimum Gasteiger partial charge on any atom is -0.383 e. The summed E-state index contributed by atoms with van der Waals surface area (Å²) in [5, 5.41) is 3.46. The zero-order valence-electron chi connectivity index (χ0n) is 16.4. The fourth-order valence-electron chi connectivity index (χ4n) is 3.64. The smallest absolute Gasteiger partial charge is 0.262 e. The second-order valence-corrected chi connectivity index (χ2v) is 9.27. The van der Waals surface area contributed by atoms with Gasteiger partial charge < -0.3 is 14.6 Å². The summed E-state index contributed by atoms with van der Waals surface area (Å²) >= 11 is 0. The highest BCUT2D eigenvalue weighted by atomic mass is 32.2. The molecule has 0 unspecified atom stereocenters. The molecule has 0 bridgehead atoms. The maximum atomic E-state index is 13.4. The number of sulfonamides is 1. The summed E-state index contributed by atoms with van der Waals surface area (Å²) in [5.74, 6) is -0.271. The van der Waals surface area contributed by atoms with Gasteiger partial charge in [-0.15, -0.1) is 0 Å². The van der Waals surface area contributed by atoms with Gasteiger partial charge in [0.2, 0.25) is 0 Å². The Morgan fingerprint density at radius 2 is 2.04 bits per heavy atom. The third-order valence-corrected chi connectivity index (χ3v) is 6.85. The SMILES string of the molecule is COC[C@H](C)NC[C@H]1CN(S(=O)(=O)c2cn(C)cn2)C[C@@H]1c1ccc(F)cc1. The lowest BCUT2D eigenvalue weighted by Gasteiger charge is -2.21. The van der Waals surface area contributed by atoms with E-state index in [2.05, 4.69) is 10.3 Å². The molecule has 0 radical (unpaired) electrons. The predicted molar refractivity (Wildman–Crippen MR) is 104 cm³/mol. The van der Waals surface area contributed by atoms with Crippen molar-refractivity contribution in [3.63, 3.8) is 0 Å². The molecule has 1 saturated heterocycles. The lowest BCUT2D eigenvalue weighted by Crippen LogP contribution is -2.36. The Hall–Kier alpha value is -1.81. The molecular weight excluding hydrogens is 383 g/mol. The largest absolute Gasteiger partial charge is 0.383 e. The average molecular weight is 411 g/mol. The van der Waals surface area contributed by atoms with Crippen LogP contribution in [0, 0.1) is 11.7 Å². The van der Waals surface area contributed by atoms with Crippen molar-refractivity contribution in [1.82, 2.24) is 19.2 Å². The predicted octanol–water partition coefficient (Wildman–Crippen LogP) is 1.59. The molecule has 9 heteroatoms. The number of ether oxygens (including phenoxy) is 1. The molecule has 0 saturated carbocycles. The first kappa shape index (κ1) is 20.9. The first-order chi connectivity index (χ1) is 13.3. The van der Waals surface area contributed by atoms with E-state index in [9.17, 15) is 12.8 Å². The molecule has 0 aliphatic carbocycles. The van der Waals surface area contributed by atoms with Crippen LogP contribution in [0.2, 0.25) is 0 Å². The molecular formula is C19H27FN4O3S. The highest BCUT2D eigenvalue weighted by molar-refractivity contribution is 7.89. The minimum atomic E-state index is -3.67. The van der Waals surface area contributed by atoms with E-state index in [1.165, 1.54) is 29.0 Å². The van der Waals surface area contributed by atoms with E-state index < -0.39 is 10.0 Å². The number of nitrogens with zero attached hydrogens (tertiary/aromatic N) is 3. The van der Waals surface area contributed by atoms with E-state index in [0.717, 1.165) is 5.56 Å². The van der Waals surface area contributed by atoms with E-state index in [1.807, 2.05) is 6.92 Å². The number of aromatic nitrogens is 2. The third-order valence-electron chi connectivity index (χ3n) is 5.14. The van der Waals surface area contributed by atoms with Crippen LogP contribution in [-0.4, -0.2) is 61.7 Å². The molecule has 1 aliphatic rings. The summed E-state index contributed by atoms with van der Waals surface area (Å²) < 4.78 is 47.6. The zero-order valence-corrected chi connectivity index (χ0v) is 17.2. The number of methoxy groups -OCH3 is 1. The van der Waals surface area contributed by atoms with Gasteiger partial charge >= 0.3 is 0 Å². The quantitative estimate of drug-likeness (QED) is 0.715. The van der Waals surface area contributed by atoms with Crippen molar-refractivity contribution in [3.8, 4) is 0 Å². The Balaban J connectivity index is 1.82. The van der Waals surface area contributed by atoms with Gasteiger partial charge in [-0.2, -0.15) is 4.31 Å². The van der Waals surface area contributed by atoms with Crippen molar-refractivity contribution in [2.45, 2.75) is 23.9 Å². The van der Waals surface area contributed by atoms with E-state index in [4.69, 9.17) is 4.74 Å². The number of halogens is 1. The number of benzene rings is 1. The second kappa shape index (κ2) is 8.69. The molecule has 0 spiro atoms. The van der Waals surface area contributed by atoms with Gasteiger partial charge in [0.15, 0.2) is 5.03 Å². The van der Waals surface area contributed by atoms with Crippen LogP contribution in [0.4, 0.5) is 4.39 Å². The van der Waals surface area contributed by atoms with E-state index >= 15 is 0 Å². The molecule has 7 nitrogen and oxygen atoms in total. The van der Waals surface area contributed by atoms with Crippen LogP contribution in [0.15, 0.2) is 41.8 Å². The van der Waals surface area contributed by atoms with Gasteiger partial charge in [0.1, 0.15) is 5.82 Å². The summed E-state index contributed by atoms with van der Waals surface area (Å²) in [6.07, 6.45) is 2.99. The molecule has 1 aromatic carbocycles. The lowest BCUT2D eigenvalue weighted by molar-refractivity contribution is 0.169. The van der Waals surface area contributed by atoms with Gasteiger partial charge in [-0.25, -0.2) is 17.8 Å². The number of rotatable bonds is 8. The van der Waals surface area contributed by atoms with Gasteiger partial charge in [0, 0.05) is 51.9 Å². The Labute approximate surface area is 165 Å². The average Bonchev–Trinajstić information content (AvgIpc) is 3.28. The van der Waals surface area contributed by atoms with Crippen LogP contribution in [-0.2, 0) is 21.8 Å². The molecule has 3 rings (SSSR count). The van der Waals surface area contributed by atoms with Crippen LogP contribution in [0.25, 0.3) is 0 Å². The second-order valence-electron chi connectivity index (χ2n) is 7.38. The molecule has 2 aromatic rings. The van der Waals surface area contributed by atoms with E-state index in [-0.39, 0.29) is 28.7 Å². The Bertz CT molecular complexity index is 885. The van der Waals surface area contributed by atoms with Gasteiger partial charge in [-0.3, -0.25) is 0 Å². The first-order valence-electron chi connectivity index (χ1n) is 9.27. The summed E-state index contributed by atoms with van der Waals surface area (Å²) in [7, 11) is -0.287. The molecule has 0 amide bonds. The lowest BCUT2D eigenvalue weighted by atomic mass is 9.89. The fourth-order valence-corrected chi connectivity index (χ4v) is 5.13. The summed E-state index contributed by atoms with van der Waals surface area (Å²) in [6.45, 7) is 3.96. The summed E-state index contributed by atoms with van der Waals surface area (Å²) in [4.78, 5) is 4.02. The van der Waals surface area contributed by atoms with Crippen molar-refractivity contribution >= 4 is 10.0 Å². The molecule has 1 N–H and O–H groups in total. The molecule has 1 aliphatic heterocycles. The Kier molecular flexibility index (Phi) is 6.49. The van der Waals surface area contributed by atoms with Gasteiger partial charge in [0.05, 0.1) is 12.9 Å². The van der Waals surface area contributed by atoms with Crippen LogP contribution in [0.1, 0.15) is 18.4 Å². The van der Waals surface area contributed by atoms with E-state index in [1.54, 1.807) is 30.9 Å². The number of imidazole rings is 1. The number of hydrogen-bond donors (Lipinski definition) is 1.